The van der Waals surface area contributed by atoms with Gasteiger partial charge in [0.05, 0.1) is 10.7 Å². The van der Waals surface area contributed by atoms with Crippen molar-refractivity contribution in [3.8, 4) is 0 Å². The Hall–Kier alpha value is -1.35. The van der Waals surface area contributed by atoms with Crippen LogP contribution in [0.2, 0.25) is 0 Å². The van der Waals surface area contributed by atoms with E-state index in [-0.39, 0.29) is 0 Å². The van der Waals surface area contributed by atoms with Gasteiger partial charge in [0, 0.05) is 5.92 Å². The SMILES string of the molecule is CC(C)c1nc(CC(C)c2ccccc2)c(N)s1. The molecule has 1 aromatic heterocycles. The summed E-state index contributed by atoms with van der Waals surface area (Å²) in [6.45, 7) is 6.54. The lowest BCUT2D eigenvalue weighted by molar-refractivity contribution is 0.737. The Morgan fingerprint density at radius 1 is 1.17 bits per heavy atom. The number of benzene rings is 1. The fraction of sp³-hybridized carbons (Fsp3) is 0.400. The molecule has 0 aliphatic heterocycles. The normalized spacial score (nSPS) is 12.9. The molecule has 1 unspecified atom stereocenters. The van der Waals surface area contributed by atoms with Gasteiger partial charge in [0.1, 0.15) is 5.00 Å². The summed E-state index contributed by atoms with van der Waals surface area (Å²) in [6.07, 6.45) is 0.916. The van der Waals surface area contributed by atoms with E-state index in [1.165, 1.54) is 5.56 Å². The summed E-state index contributed by atoms with van der Waals surface area (Å²) in [5.74, 6) is 0.911. The van der Waals surface area contributed by atoms with Crippen LogP contribution in [0, 0.1) is 0 Å². The maximum Gasteiger partial charge on any atom is 0.109 e. The van der Waals surface area contributed by atoms with Crippen LogP contribution in [0.5, 0.6) is 0 Å². The molecule has 1 heterocycles. The lowest BCUT2D eigenvalue weighted by Crippen LogP contribution is -2.01. The minimum atomic E-state index is 0.454. The summed E-state index contributed by atoms with van der Waals surface area (Å²) in [5.41, 5.74) is 8.46. The predicted molar refractivity (Wildman–Crippen MR) is 79.2 cm³/mol. The fourth-order valence-corrected chi connectivity index (χ4v) is 2.83. The van der Waals surface area contributed by atoms with E-state index in [2.05, 4.69) is 50.0 Å². The van der Waals surface area contributed by atoms with Crippen LogP contribution < -0.4 is 5.73 Å². The number of nitrogen functional groups attached to an aromatic ring is 1. The van der Waals surface area contributed by atoms with Gasteiger partial charge in [0.2, 0.25) is 0 Å². The number of thiazole rings is 1. The first-order chi connectivity index (χ1) is 8.58. The molecule has 2 aromatic rings. The second kappa shape index (κ2) is 5.53. The van der Waals surface area contributed by atoms with Gasteiger partial charge in [-0.2, -0.15) is 0 Å². The molecule has 1 atom stereocenters. The first kappa shape index (κ1) is 13.1. The molecule has 3 heteroatoms. The molecule has 0 bridgehead atoms. The quantitative estimate of drug-likeness (QED) is 0.895. The van der Waals surface area contributed by atoms with Crippen molar-refractivity contribution in [2.75, 3.05) is 5.73 Å². The predicted octanol–water partition coefficient (Wildman–Crippen LogP) is 4.19. The number of hydrogen-bond acceptors (Lipinski definition) is 3. The van der Waals surface area contributed by atoms with E-state index in [0.29, 0.717) is 11.8 Å². The minimum absolute atomic E-state index is 0.454. The van der Waals surface area contributed by atoms with Crippen molar-refractivity contribution >= 4 is 16.3 Å². The van der Waals surface area contributed by atoms with Crippen molar-refractivity contribution in [3.05, 3.63) is 46.6 Å². The van der Waals surface area contributed by atoms with E-state index in [9.17, 15) is 0 Å². The van der Waals surface area contributed by atoms with Gasteiger partial charge in [0.15, 0.2) is 0 Å². The van der Waals surface area contributed by atoms with Crippen molar-refractivity contribution < 1.29 is 0 Å². The van der Waals surface area contributed by atoms with Crippen LogP contribution in [0.4, 0.5) is 5.00 Å². The Balaban J connectivity index is 2.14. The molecule has 0 spiro atoms. The third kappa shape index (κ3) is 2.91. The molecule has 2 nitrogen and oxygen atoms in total. The summed E-state index contributed by atoms with van der Waals surface area (Å²) < 4.78 is 0. The van der Waals surface area contributed by atoms with Crippen LogP contribution in [0.15, 0.2) is 30.3 Å². The molecule has 96 valence electrons. The molecule has 0 amide bonds. The Bertz CT molecular complexity index is 502. The zero-order valence-electron chi connectivity index (χ0n) is 11.2. The van der Waals surface area contributed by atoms with Crippen LogP contribution in [0.3, 0.4) is 0 Å². The van der Waals surface area contributed by atoms with E-state index < -0.39 is 0 Å². The lowest BCUT2D eigenvalue weighted by atomic mass is 9.96. The second-order valence-corrected chi connectivity index (χ2v) is 6.10. The zero-order chi connectivity index (χ0) is 13.1. The van der Waals surface area contributed by atoms with Crippen LogP contribution >= 0.6 is 11.3 Å². The molecule has 1 aromatic carbocycles. The molecular weight excluding hydrogens is 240 g/mol. The summed E-state index contributed by atoms with van der Waals surface area (Å²) in [6, 6.07) is 10.5. The van der Waals surface area contributed by atoms with Gasteiger partial charge in [-0.05, 0) is 17.9 Å². The highest BCUT2D eigenvalue weighted by molar-refractivity contribution is 7.15. The minimum Gasteiger partial charge on any atom is -0.389 e. The third-order valence-corrected chi connectivity index (χ3v) is 4.33. The van der Waals surface area contributed by atoms with Gasteiger partial charge >= 0.3 is 0 Å². The van der Waals surface area contributed by atoms with Crippen LogP contribution in [0.25, 0.3) is 0 Å². The molecule has 0 aliphatic carbocycles. The monoisotopic (exact) mass is 260 g/mol. The van der Waals surface area contributed by atoms with Crippen LogP contribution in [-0.4, -0.2) is 4.98 Å². The molecule has 2 rings (SSSR count). The van der Waals surface area contributed by atoms with E-state index >= 15 is 0 Å². The van der Waals surface area contributed by atoms with Crippen molar-refractivity contribution in [2.45, 2.75) is 39.0 Å². The van der Waals surface area contributed by atoms with Gasteiger partial charge in [-0.1, -0.05) is 51.1 Å². The van der Waals surface area contributed by atoms with Crippen LogP contribution in [-0.2, 0) is 6.42 Å². The zero-order valence-corrected chi connectivity index (χ0v) is 12.0. The molecule has 0 aliphatic rings. The number of rotatable bonds is 4. The highest BCUT2D eigenvalue weighted by atomic mass is 32.1. The van der Waals surface area contributed by atoms with Gasteiger partial charge in [-0.15, -0.1) is 11.3 Å². The Kier molecular flexibility index (Phi) is 4.02. The highest BCUT2D eigenvalue weighted by Gasteiger charge is 2.14. The van der Waals surface area contributed by atoms with Crippen molar-refractivity contribution in [3.63, 3.8) is 0 Å². The number of nitrogens with two attached hydrogens (primary N) is 1. The Labute approximate surface area is 113 Å². The van der Waals surface area contributed by atoms with Gasteiger partial charge < -0.3 is 5.73 Å². The van der Waals surface area contributed by atoms with Crippen molar-refractivity contribution in [1.82, 2.24) is 4.98 Å². The summed E-state index contributed by atoms with van der Waals surface area (Å²) in [7, 11) is 0. The lowest BCUT2D eigenvalue weighted by Gasteiger charge is -2.10. The standard InChI is InChI=1S/C15H20N2S/c1-10(2)15-17-13(14(16)18-15)9-11(3)12-7-5-4-6-8-12/h4-8,10-11H,9,16H2,1-3H3. The highest BCUT2D eigenvalue weighted by Crippen LogP contribution is 2.30. The molecule has 0 saturated carbocycles. The topological polar surface area (TPSA) is 38.9 Å². The van der Waals surface area contributed by atoms with Gasteiger partial charge in [0.25, 0.3) is 0 Å². The molecule has 18 heavy (non-hydrogen) atoms. The fourth-order valence-electron chi connectivity index (χ4n) is 1.97. The average Bonchev–Trinajstić information content (AvgIpc) is 2.72. The largest absolute Gasteiger partial charge is 0.389 e. The van der Waals surface area contributed by atoms with E-state index in [1.807, 2.05) is 6.07 Å². The molecule has 2 N–H and O–H groups in total. The molecule has 0 fully saturated rings. The van der Waals surface area contributed by atoms with Crippen molar-refractivity contribution in [2.24, 2.45) is 0 Å². The van der Waals surface area contributed by atoms with E-state index in [4.69, 9.17) is 5.73 Å². The third-order valence-electron chi connectivity index (χ3n) is 3.11. The Morgan fingerprint density at radius 2 is 1.83 bits per heavy atom. The summed E-state index contributed by atoms with van der Waals surface area (Å²) in [5, 5.41) is 2.02. The average molecular weight is 260 g/mol. The number of hydrogen-bond donors (Lipinski definition) is 1. The maximum absolute atomic E-state index is 6.06. The summed E-state index contributed by atoms with van der Waals surface area (Å²) in [4.78, 5) is 4.67. The second-order valence-electron chi connectivity index (χ2n) is 5.03. The molecule has 0 saturated heterocycles. The van der Waals surface area contributed by atoms with E-state index in [1.54, 1.807) is 11.3 Å². The summed E-state index contributed by atoms with van der Waals surface area (Å²) >= 11 is 1.63. The number of anilines is 1. The van der Waals surface area contributed by atoms with Gasteiger partial charge in [-0.3, -0.25) is 0 Å². The molecule has 0 radical (unpaired) electrons. The smallest absolute Gasteiger partial charge is 0.109 e. The first-order valence-corrected chi connectivity index (χ1v) is 7.19. The maximum atomic E-state index is 6.06. The van der Waals surface area contributed by atoms with Crippen molar-refractivity contribution in [1.29, 1.82) is 0 Å². The van der Waals surface area contributed by atoms with Crippen LogP contribution in [0.1, 0.15) is 48.9 Å². The number of nitrogens with zero attached hydrogens (tertiary/aromatic N) is 1. The first-order valence-electron chi connectivity index (χ1n) is 6.38. The molecular formula is C15H20N2S. The Morgan fingerprint density at radius 3 is 2.39 bits per heavy atom. The number of aromatic nitrogens is 1. The van der Waals surface area contributed by atoms with Gasteiger partial charge in [-0.25, -0.2) is 4.98 Å². The van der Waals surface area contributed by atoms with E-state index in [0.717, 1.165) is 22.1 Å².